The number of nitrogens with one attached hydrogen (secondary N) is 1. The molecule has 0 spiro atoms. The molecule has 1 aliphatic rings. The molecule has 1 fully saturated rings. The van der Waals surface area contributed by atoms with Gasteiger partial charge in [-0.05, 0) is 48.9 Å². The molecule has 184 valence electrons. The highest BCUT2D eigenvalue weighted by atomic mass is 16.4. The van der Waals surface area contributed by atoms with Crippen LogP contribution in [0.4, 0.5) is 5.82 Å². The number of aldehydes is 1. The number of hydrogen-bond donors (Lipinski definition) is 3. The van der Waals surface area contributed by atoms with Crippen LogP contribution in [0.15, 0.2) is 72.8 Å². The molecule has 3 N–H and O–H groups in total. The minimum atomic E-state index is -1.12. The average molecular weight is 486 g/mol. The largest absolute Gasteiger partial charge is 0.478 e. The molecule has 0 atom stereocenters. The van der Waals surface area contributed by atoms with Crippen LogP contribution in [0.1, 0.15) is 36.6 Å². The van der Waals surface area contributed by atoms with Gasteiger partial charge >= 0.3 is 11.9 Å². The van der Waals surface area contributed by atoms with Crippen molar-refractivity contribution < 1.29 is 24.6 Å². The fourth-order valence-corrected chi connectivity index (χ4v) is 4.42. The molecular formula is C28H27N3O5. The fraction of sp³-hybridized carbons (Fsp3) is 0.179. The number of carbonyl (C=O) groups is 3. The lowest BCUT2D eigenvalue weighted by atomic mass is 10.1. The Balaban J connectivity index is 0.000000200. The summed E-state index contributed by atoms with van der Waals surface area (Å²) in [7, 11) is 0. The molecule has 0 amide bonds. The zero-order valence-corrected chi connectivity index (χ0v) is 19.8. The van der Waals surface area contributed by atoms with Crippen LogP contribution >= 0.6 is 0 Å². The van der Waals surface area contributed by atoms with Crippen LogP contribution in [0, 0.1) is 6.92 Å². The van der Waals surface area contributed by atoms with E-state index in [9.17, 15) is 14.4 Å². The quantitative estimate of drug-likeness (QED) is 0.363. The smallest absolute Gasteiger partial charge is 0.335 e. The van der Waals surface area contributed by atoms with E-state index < -0.39 is 11.9 Å². The van der Waals surface area contributed by atoms with Crippen LogP contribution in [0.2, 0.25) is 0 Å². The van der Waals surface area contributed by atoms with Crippen LogP contribution in [-0.2, 0) is 0 Å². The number of nitrogens with zero attached hydrogens (tertiary/aromatic N) is 2. The van der Waals surface area contributed by atoms with Gasteiger partial charge in [-0.1, -0.05) is 36.4 Å². The zero-order valence-electron chi connectivity index (χ0n) is 19.8. The van der Waals surface area contributed by atoms with E-state index in [0.29, 0.717) is 5.56 Å². The molecule has 2 heterocycles. The predicted octanol–water partition coefficient (Wildman–Crippen LogP) is 4.24. The standard InChI is InChI=1S/C19H19N3O.C9H8O4/c23-14-17-16-8-4-5-9-18(16)22(15-6-2-1-3-7-15)19(17)21-12-10-20-11-13-21;1-5-2-6(8(10)11)4-7(3-5)9(12)13/h1-9,14,20H,10-13H2;2-4H,1H3,(H,10,11)(H,12,13). The van der Waals surface area contributed by atoms with Crippen LogP contribution < -0.4 is 10.2 Å². The monoisotopic (exact) mass is 485 g/mol. The molecular weight excluding hydrogens is 458 g/mol. The molecule has 36 heavy (non-hydrogen) atoms. The summed E-state index contributed by atoms with van der Waals surface area (Å²) < 4.78 is 2.21. The van der Waals surface area contributed by atoms with Gasteiger partial charge in [0.15, 0.2) is 6.29 Å². The molecule has 5 rings (SSSR count). The number of rotatable bonds is 5. The summed E-state index contributed by atoms with van der Waals surface area (Å²) in [5, 5.41) is 21.6. The van der Waals surface area contributed by atoms with Crippen molar-refractivity contribution in [2.45, 2.75) is 6.92 Å². The van der Waals surface area contributed by atoms with Crippen molar-refractivity contribution in [2.75, 3.05) is 31.1 Å². The lowest BCUT2D eigenvalue weighted by molar-refractivity contribution is 0.0696. The number of carboxylic acids is 2. The van der Waals surface area contributed by atoms with Crippen molar-refractivity contribution in [3.05, 3.63) is 95.1 Å². The van der Waals surface area contributed by atoms with Crippen molar-refractivity contribution in [3.8, 4) is 5.69 Å². The Morgan fingerprint density at radius 3 is 2.03 bits per heavy atom. The Kier molecular flexibility index (Phi) is 7.46. The second-order valence-electron chi connectivity index (χ2n) is 8.48. The summed E-state index contributed by atoms with van der Waals surface area (Å²) in [6.45, 7) is 5.34. The van der Waals surface area contributed by atoms with Crippen molar-refractivity contribution in [3.63, 3.8) is 0 Å². The maximum absolute atomic E-state index is 11.9. The molecule has 1 aliphatic heterocycles. The van der Waals surface area contributed by atoms with Gasteiger partial charge in [-0.25, -0.2) is 9.59 Å². The molecule has 0 radical (unpaired) electrons. The first kappa shape index (κ1) is 24.7. The van der Waals surface area contributed by atoms with E-state index in [1.165, 1.54) is 12.1 Å². The van der Waals surface area contributed by atoms with Gasteiger partial charge in [0.05, 0.1) is 22.2 Å². The maximum Gasteiger partial charge on any atom is 0.335 e. The number of anilines is 1. The normalized spacial score (nSPS) is 13.1. The van der Waals surface area contributed by atoms with E-state index in [1.54, 1.807) is 6.92 Å². The van der Waals surface area contributed by atoms with E-state index in [1.807, 2.05) is 36.4 Å². The number of carboxylic acid groups (broad SMARTS) is 2. The van der Waals surface area contributed by atoms with Crippen LogP contribution in [0.3, 0.4) is 0 Å². The third-order valence-electron chi connectivity index (χ3n) is 6.01. The zero-order chi connectivity index (χ0) is 25.7. The molecule has 8 nitrogen and oxygen atoms in total. The SMILES string of the molecule is Cc1cc(C(=O)O)cc(C(=O)O)c1.O=Cc1c(N2CCNCC2)n(-c2ccccc2)c2ccccc12. The van der Waals surface area contributed by atoms with E-state index in [4.69, 9.17) is 10.2 Å². The Labute approximate surface area is 208 Å². The summed E-state index contributed by atoms with van der Waals surface area (Å²) in [6, 6.07) is 22.4. The van der Waals surface area contributed by atoms with Crippen LogP contribution in [0.25, 0.3) is 16.6 Å². The van der Waals surface area contributed by atoms with Gasteiger partial charge < -0.3 is 20.4 Å². The summed E-state index contributed by atoms with van der Waals surface area (Å²) >= 11 is 0. The van der Waals surface area contributed by atoms with E-state index in [-0.39, 0.29) is 11.1 Å². The number of carbonyl (C=O) groups excluding carboxylic acids is 1. The number of hydrogen-bond acceptors (Lipinski definition) is 5. The lowest BCUT2D eigenvalue weighted by Crippen LogP contribution is -2.44. The second kappa shape index (κ2) is 10.9. The minimum Gasteiger partial charge on any atom is -0.478 e. The molecule has 3 aromatic carbocycles. The molecule has 0 saturated carbocycles. The first-order valence-electron chi connectivity index (χ1n) is 11.6. The Bertz CT molecular complexity index is 1370. The minimum absolute atomic E-state index is 0.00241. The highest BCUT2D eigenvalue weighted by Crippen LogP contribution is 2.34. The molecule has 1 aromatic heterocycles. The Hall–Kier alpha value is -4.43. The lowest BCUT2D eigenvalue weighted by Gasteiger charge is -2.31. The molecule has 0 bridgehead atoms. The van der Waals surface area contributed by atoms with Gasteiger partial charge in [-0.15, -0.1) is 0 Å². The highest BCUT2D eigenvalue weighted by Gasteiger charge is 2.23. The van der Waals surface area contributed by atoms with Gasteiger partial charge in [-0.3, -0.25) is 9.36 Å². The fourth-order valence-electron chi connectivity index (χ4n) is 4.42. The number of para-hydroxylation sites is 2. The molecule has 0 aliphatic carbocycles. The number of aromatic nitrogens is 1. The molecule has 4 aromatic rings. The summed E-state index contributed by atoms with van der Waals surface area (Å²) in [4.78, 5) is 35.3. The van der Waals surface area contributed by atoms with Crippen molar-refractivity contribution in [1.29, 1.82) is 0 Å². The molecule has 1 saturated heterocycles. The van der Waals surface area contributed by atoms with Gasteiger partial charge in [0, 0.05) is 37.3 Å². The third kappa shape index (κ3) is 5.13. The van der Waals surface area contributed by atoms with Crippen LogP contribution in [0.5, 0.6) is 0 Å². The first-order chi connectivity index (χ1) is 17.4. The first-order valence-corrected chi connectivity index (χ1v) is 11.6. The topological polar surface area (TPSA) is 112 Å². The molecule has 8 heteroatoms. The van der Waals surface area contributed by atoms with E-state index in [2.05, 4.69) is 33.0 Å². The molecule has 0 unspecified atom stereocenters. The number of fused-ring (bicyclic) bond motifs is 1. The number of aromatic carboxylic acids is 2. The maximum atomic E-state index is 11.9. The van der Waals surface area contributed by atoms with Gasteiger partial charge in [0.2, 0.25) is 0 Å². The average Bonchev–Trinajstić information content (AvgIpc) is 3.24. The van der Waals surface area contributed by atoms with Gasteiger partial charge in [0.25, 0.3) is 0 Å². The van der Waals surface area contributed by atoms with Crippen LogP contribution in [-0.4, -0.2) is 59.2 Å². The van der Waals surface area contributed by atoms with Crippen molar-refractivity contribution in [2.24, 2.45) is 0 Å². The van der Waals surface area contributed by atoms with Gasteiger partial charge in [-0.2, -0.15) is 0 Å². The Morgan fingerprint density at radius 2 is 1.44 bits per heavy atom. The Morgan fingerprint density at radius 1 is 0.861 bits per heavy atom. The van der Waals surface area contributed by atoms with E-state index >= 15 is 0 Å². The predicted molar refractivity (Wildman–Crippen MR) is 139 cm³/mol. The van der Waals surface area contributed by atoms with Gasteiger partial charge in [0.1, 0.15) is 5.82 Å². The number of aryl methyl sites for hydroxylation is 1. The number of piperazine rings is 1. The summed E-state index contributed by atoms with van der Waals surface area (Å²) in [6.07, 6.45) is 0.999. The third-order valence-corrected chi connectivity index (χ3v) is 6.01. The van der Waals surface area contributed by atoms with E-state index in [0.717, 1.165) is 66.5 Å². The summed E-state index contributed by atoms with van der Waals surface area (Å²) in [5.41, 5.74) is 3.57. The van der Waals surface area contributed by atoms with Crippen molar-refractivity contribution in [1.82, 2.24) is 9.88 Å². The second-order valence-corrected chi connectivity index (χ2v) is 8.48. The highest BCUT2D eigenvalue weighted by molar-refractivity contribution is 6.05. The van der Waals surface area contributed by atoms with Crippen molar-refractivity contribution >= 4 is 34.9 Å². The summed E-state index contributed by atoms with van der Waals surface area (Å²) in [5.74, 6) is -1.23. The number of benzene rings is 3.